The number of β-amino-alcohol motifs (C(OH)–C–C–N with tert-alkyl or cyclic N) is 1. The van der Waals surface area contributed by atoms with E-state index in [-0.39, 0.29) is 11.9 Å². The van der Waals surface area contributed by atoms with Crippen LogP contribution in [0.25, 0.3) is 28.3 Å². The zero-order chi connectivity index (χ0) is 23.5. The van der Waals surface area contributed by atoms with Crippen LogP contribution in [0.3, 0.4) is 0 Å². The van der Waals surface area contributed by atoms with Gasteiger partial charge in [0.15, 0.2) is 5.82 Å². The first-order valence-corrected chi connectivity index (χ1v) is 12.4. The van der Waals surface area contributed by atoms with Gasteiger partial charge in [0.05, 0.1) is 17.5 Å². The van der Waals surface area contributed by atoms with Crippen LogP contribution >= 0.6 is 0 Å². The van der Waals surface area contributed by atoms with Crippen LogP contribution in [0.1, 0.15) is 12.0 Å². The van der Waals surface area contributed by atoms with Gasteiger partial charge in [0.1, 0.15) is 5.82 Å². The lowest BCUT2D eigenvalue weighted by Crippen LogP contribution is -2.43. The lowest BCUT2D eigenvalue weighted by Gasteiger charge is -2.33. The second-order valence-electron chi connectivity index (χ2n) is 10.1. The number of aliphatic hydroxyl groups excluding tert-OH is 1. The minimum atomic E-state index is -0.288. The number of fused-ring (bicyclic) bond motifs is 5. The minimum absolute atomic E-state index is 0.231. The molecule has 178 valence electrons. The van der Waals surface area contributed by atoms with Crippen molar-refractivity contribution in [1.29, 1.82) is 0 Å². The Morgan fingerprint density at radius 2 is 1.86 bits per heavy atom. The van der Waals surface area contributed by atoms with E-state index in [1.165, 1.54) is 24.1 Å². The Morgan fingerprint density at radius 3 is 2.66 bits per heavy atom. The first-order chi connectivity index (χ1) is 17.1. The van der Waals surface area contributed by atoms with Crippen molar-refractivity contribution in [2.24, 2.45) is 5.92 Å². The highest BCUT2D eigenvalue weighted by Crippen LogP contribution is 2.36. The summed E-state index contributed by atoms with van der Waals surface area (Å²) in [5.74, 6) is 0.963. The number of imidazole rings is 1. The van der Waals surface area contributed by atoms with E-state index in [9.17, 15) is 9.50 Å². The van der Waals surface area contributed by atoms with Crippen molar-refractivity contribution in [2.75, 3.05) is 37.6 Å². The van der Waals surface area contributed by atoms with Crippen LogP contribution < -0.4 is 4.90 Å². The van der Waals surface area contributed by atoms with Gasteiger partial charge in [-0.05, 0) is 67.0 Å². The van der Waals surface area contributed by atoms with Gasteiger partial charge in [0.25, 0.3) is 0 Å². The van der Waals surface area contributed by atoms with Crippen LogP contribution in [0.5, 0.6) is 0 Å². The molecule has 0 bridgehead atoms. The highest BCUT2D eigenvalue weighted by atomic mass is 19.1. The van der Waals surface area contributed by atoms with Gasteiger partial charge in [-0.1, -0.05) is 12.1 Å². The van der Waals surface area contributed by atoms with Crippen LogP contribution in [0, 0.1) is 11.7 Å². The molecule has 2 saturated heterocycles. The Hall–Kier alpha value is -3.42. The second kappa shape index (κ2) is 8.07. The summed E-state index contributed by atoms with van der Waals surface area (Å²) in [5, 5.41) is 10.7. The molecule has 2 atom stereocenters. The lowest BCUT2D eigenvalue weighted by molar-refractivity contribution is 0.0893. The first kappa shape index (κ1) is 20.9. The van der Waals surface area contributed by atoms with Crippen molar-refractivity contribution < 1.29 is 9.50 Å². The topological polar surface area (TPSA) is 49.5 Å². The monoisotopic (exact) mass is 469 g/mol. The molecule has 3 aliphatic rings. The molecule has 3 aliphatic heterocycles. The van der Waals surface area contributed by atoms with E-state index in [1.54, 1.807) is 0 Å². The van der Waals surface area contributed by atoms with Crippen molar-refractivity contribution in [3.8, 4) is 28.3 Å². The smallest absolute Gasteiger partial charge is 0.161 e. The summed E-state index contributed by atoms with van der Waals surface area (Å²) in [6, 6.07) is 15.4. The first-order valence-electron chi connectivity index (χ1n) is 12.4. The molecule has 2 aromatic carbocycles. The number of halogens is 1. The van der Waals surface area contributed by atoms with Crippen molar-refractivity contribution >= 4 is 5.69 Å². The highest BCUT2D eigenvalue weighted by Gasteiger charge is 2.34. The van der Waals surface area contributed by atoms with Crippen LogP contribution in [0.4, 0.5) is 10.1 Å². The van der Waals surface area contributed by atoms with Gasteiger partial charge in [-0.25, -0.2) is 9.37 Å². The second-order valence-corrected chi connectivity index (χ2v) is 10.1. The summed E-state index contributed by atoms with van der Waals surface area (Å²) in [6.45, 7) is 5.59. The van der Waals surface area contributed by atoms with E-state index in [2.05, 4.69) is 54.4 Å². The number of likely N-dealkylation sites (tertiary alicyclic amines) is 1. The summed E-state index contributed by atoms with van der Waals surface area (Å²) in [7, 11) is 0. The molecule has 0 saturated carbocycles. The average molecular weight is 470 g/mol. The molecule has 0 spiro atoms. The molecule has 2 fully saturated rings. The quantitative estimate of drug-likeness (QED) is 0.432. The molecule has 1 unspecified atom stereocenters. The molecule has 0 amide bonds. The number of hydrogen-bond donors (Lipinski definition) is 1. The van der Waals surface area contributed by atoms with Gasteiger partial charge in [-0.15, -0.1) is 0 Å². The third kappa shape index (κ3) is 3.58. The largest absolute Gasteiger partial charge is 0.391 e. The van der Waals surface area contributed by atoms with Gasteiger partial charge in [-0.2, -0.15) is 0 Å². The molecule has 7 rings (SSSR count). The number of hydrogen-bond acceptors (Lipinski definition) is 4. The fourth-order valence-corrected chi connectivity index (χ4v) is 5.77. The number of aromatic nitrogens is 3. The Balaban J connectivity index is 1.23. The van der Waals surface area contributed by atoms with Gasteiger partial charge >= 0.3 is 0 Å². The van der Waals surface area contributed by atoms with Gasteiger partial charge < -0.3 is 19.5 Å². The average Bonchev–Trinajstić information content (AvgIpc) is 3.54. The van der Waals surface area contributed by atoms with Crippen LogP contribution in [0.15, 0.2) is 67.1 Å². The minimum Gasteiger partial charge on any atom is -0.391 e. The Labute approximate surface area is 203 Å². The van der Waals surface area contributed by atoms with Gasteiger partial charge in [0, 0.05) is 61.9 Å². The Bertz CT molecular complexity index is 1390. The highest BCUT2D eigenvalue weighted by molar-refractivity contribution is 5.72. The molecule has 6 nitrogen and oxygen atoms in total. The van der Waals surface area contributed by atoms with Crippen LogP contribution in [-0.2, 0) is 6.54 Å². The molecule has 7 heteroatoms. The summed E-state index contributed by atoms with van der Waals surface area (Å²) in [5.41, 5.74) is 6.57. The molecular formula is C28H28FN5O. The Morgan fingerprint density at radius 1 is 1.00 bits per heavy atom. The predicted octanol–water partition coefficient (Wildman–Crippen LogP) is 4.01. The molecule has 5 heterocycles. The van der Waals surface area contributed by atoms with E-state index in [1.807, 2.05) is 24.5 Å². The number of anilines is 1. The van der Waals surface area contributed by atoms with E-state index >= 15 is 0 Å². The van der Waals surface area contributed by atoms with Crippen molar-refractivity contribution in [3.63, 3.8) is 0 Å². The normalized spacial score (nSPS) is 21.3. The predicted molar refractivity (Wildman–Crippen MR) is 134 cm³/mol. The Kier molecular flexibility index (Phi) is 4.82. The molecule has 0 aliphatic carbocycles. The van der Waals surface area contributed by atoms with Crippen molar-refractivity contribution in [1.82, 2.24) is 19.0 Å². The van der Waals surface area contributed by atoms with E-state index in [0.29, 0.717) is 12.5 Å². The standard InChI is InChI=1S/C28H28FN5O/c29-23-4-2-19(3-5-23)20-13-26-28-30-8-11-34(28)25-7-6-24(12-21(25)16-33(26)15-20)32-17-22(27(35)18-32)14-31-9-1-10-31/h2-8,11-13,15,22,27,35H,1,9-10,14,16-18H2/t22?,27-/m0/s1. The summed E-state index contributed by atoms with van der Waals surface area (Å²) >= 11 is 0. The lowest BCUT2D eigenvalue weighted by atomic mass is 10.0. The number of benzene rings is 2. The van der Waals surface area contributed by atoms with E-state index in [4.69, 9.17) is 0 Å². The zero-order valence-electron chi connectivity index (χ0n) is 19.5. The molecule has 0 radical (unpaired) electrons. The number of rotatable bonds is 4. The summed E-state index contributed by atoms with van der Waals surface area (Å²) < 4.78 is 17.8. The van der Waals surface area contributed by atoms with Gasteiger partial charge in [-0.3, -0.25) is 4.57 Å². The summed E-state index contributed by atoms with van der Waals surface area (Å²) in [4.78, 5) is 9.45. The fourth-order valence-electron chi connectivity index (χ4n) is 5.77. The number of aliphatic hydroxyl groups is 1. The molecule has 2 aromatic heterocycles. The maximum absolute atomic E-state index is 13.5. The SMILES string of the molecule is O[C@H]1CN(c2ccc3c(c2)Cn2cc(-c4ccc(F)cc4)cc2-c2nccn2-3)CC1CN1CCC1. The zero-order valence-corrected chi connectivity index (χ0v) is 19.5. The van der Waals surface area contributed by atoms with Crippen LogP contribution in [0.2, 0.25) is 0 Å². The molecule has 35 heavy (non-hydrogen) atoms. The fraction of sp³-hybridized carbons (Fsp3) is 0.321. The van der Waals surface area contributed by atoms with Gasteiger partial charge in [0.2, 0.25) is 0 Å². The van der Waals surface area contributed by atoms with Crippen LogP contribution in [-0.4, -0.2) is 63.0 Å². The number of nitrogens with zero attached hydrogens (tertiary/aromatic N) is 5. The molecular weight excluding hydrogens is 441 g/mol. The van der Waals surface area contributed by atoms with E-state index < -0.39 is 0 Å². The van der Waals surface area contributed by atoms with Crippen molar-refractivity contribution in [2.45, 2.75) is 19.1 Å². The van der Waals surface area contributed by atoms with Crippen molar-refractivity contribution in [3.05, 3.63) is 78.5 Å². The third-order valence-electron chi connectivity index (χ3n) is 7.82. The maximum atomic E-state index is 13.5. The maximum Gasteiger partial charge on any atom is 0.161 e. The molecule has 1 N–H and O–H groups in total. The van der Waals surface area contributed by atoms with E-state index in [0.717, 1.165) is 66.7 Å². The summed E-state index contributed by atoms with van der Waals surface area (Å²) in [6.07, 6.45) is 6.97. The molecule has 4 aromatic rings. The third-order valence-corrected chi connectivity index (χ3v) is 7.82.